The van der Waals surface area contributed by atoms with Gasteiger partial charge in [0, 0.05) is 10.7 Å². The lowest BCUT2D eigenvalue weighted by atomic mass is 10.2. The molecule has 0 spiro atoms. The molecule has 0 radical (unpaired) electrons. The minimum Gasteiger partial charge on any atom is -0.487 e. The van der Waals surface area contributed by atoms with E-state index in [0.717, 1.165) is 17.0 Å². The van der Waals surface area contributed by atoms with Crippen LogP contribution in [0.25, 0.3) is 0 Å². The highest BCUT2D eigenvalue weighted by Crippen LogP contribution is 2.33. The molecule has 1 heterocycles. The Balaban J connectivity index is 1.88. The molecule has 5 heteroatoms. The molecule has 2 aromatic carbocycles. The minimum absolute atomic E-state index is 0.0545. The molecule has 0 saturated heterocycles. The molecule has 2 aromatic rings. The van der Waals surface area contributed by atoms with E-state index in [0.29, 0.717) is 17.3 Å². The number of fused-ring (bicyclic) bond motifs is 1. The summed E-state index contributed by atoms with van der Waals surface area (Å²) in [6.07, 6.45) is -0.0545. The van der Waals surface area contributed by atoms with Gasteiger partial charge in [0.15, 0.2) is 0 Å². The molecule has 0 aliphatic carbocycles. The number of ether oxygens (including phenoxy) is 1. The van der Waals surface area contributed by atoms with Gasteiger partial charge in [-0.3, -0.25) is 4.90 Å². The van der Waals surface area contributed by atoms with Crippen LogP contribution in [0.1, 0.15) is 12.5 Å². The first-order chi connectivity index (χ1) is 10.5. The van der Waals surface area contributed by atoms with E-state index in [4.69, 9.17) is 16.3 Å². The predicted molar refractivity (Wildman–Crippen MR) is 89.1 cm³/mol. The Kier molecular flexibility index (Phi) is 3.94. The molecule has 0 saturated carbocycles. The number of hydrogen-bond acceptors (Lipinski definition) is 2. The summed E-state index contributed by atoms with van der Waals surface area (Å²) < 4.78 is 5.76. The van der Waals surface area contributed by atoms with Crippen molar-refractivity contribution >= 4 is 29.0 Å². The van der Waals surface area contributed by atoms with Crippen LogP contribution >= 0.6 is 11.6 Å². The topological polar surface area (TPSA) is 41.6 Å². The van der Waals surface area contributed by atoms with Crippen LogP contribution in [-0.2, 0) is 0 Å². The fraction of sp³-hybridized carbons (Fsp3) is 0.235. The van der Waals surface area contributed by atoms with Gasteiger partial charge in [0.1, 0.15) is 11.9 Å². The zero-order chi connectivity index (χ0) is 15.7. The summed E-state index contributed by atoms with van der Waals surface area (Å²) in [6.45, 7) is 4.38. The Morgan fingerprint density at radius 3 is 2.91 bits per heavy atom. The first-order valence-electron chi connectivity index (χ1n) is 7.15. The third kappa shape index (κ3) is 2.88. The summed E-state index contributed by atoms with van der Waals surface area (Å²) in [5.74, 6) is 0.721. The van der Waals surface area contributed by atoms with Crippen LogP contribution < -0.4 is 15.0 Å². The van der Waals surface area contributed by atoms with E-state index in [1.165, 1.54) is 0 Å². The first-order valence-corrected chi connectivity index (χ1v) is 7.53. The number of benzene rings is 2. The first kappa shape index (κ1) is 14.7. The summed E-state index contributed by atoms with van der Waals surface area (Å²) >= 11 is 6.01. The molecule has 114 valence electrons. The van der Waals surface area contributed by atoms with Gasteiger partial charge in [0.05, 0.1) is 12.2 Å². The second-order valence-electron chi connectivity index (χ2n) is 5.40. The number of amides is 2. The molecule has 1 aliphatic rings. The van der Waals surface area contributed by atoms with Gasteiger partial charge in [-0.1, -0.05) is 29.8 Å². The molecule has 0 unspecified atom stereocenters. The van der Waals surface area contributed by atoms with Crippen molar-refractivity contribution in [1.29, 1.82) is 0 Å². The SMILES string of the molecule is Cc1ccc(Cl)cc1NC(=O)N1C[C@H](C)Oc2ccccc21. The second kappa shape index (κ2) is 5.89. The van der Waals surface area contributed by atoms with Crippen molar-refractivity contribution in [2.75, 3.05) is 16.8 Å². The fourth-order valence-electron chi connectivity index (χ4n) is 2.49. The van der Waals surface area contributed by atoms with Gasteiger partial charge in [-0.2, -0.15) is 0 Å². The second-order valence-corrected chi connectivity index (χ2v) is 5.83. The van der Waals surface area contributed by atoms with Crippen LogP contribution in [0, 0.1) is 6.92 Å². The number of aryl methyl sites for hydroxylation is 1. The predicted octanol–water partition coefficient (Wildman–Crippen LogP) is 4.47. The van der Waals surface area contributed by atoms with E-state index in [2.05, 4.69) is 5.32 Å². The number of anilines is 2. The van der Waals surface area contributed by atoms with E-state index in [1.807, 2.05) is 44.2 Å². The van der Waals surface area contributed by atoms with E-state index in [-0.39, 0.29) is 12.1 Å². The zero-order valence-electron chi connectivity index (χ0n) is 12.5. The lowest BCUT2D eigenvalue weighted by Gasteiger charge is -2.33. The summed E-state index contributed by atoms with van der Waals surface area (Å²) in [4.78, 5) is 14.4. The molecular formula is C17H17ClN2O2. The number of para-hydroxylation sites is 2. The lowest BCUT2D eigenvalue weighted by Crippen LogP contribution is -2.44. The van der Waals surface area contributed by atoms with Crippen molar-refractivity contribution in [3.05, 3.63) is 53.1 Å². The standard InChI is InChI=1S/C17H17ClN2O2/c1-11-7-8-13(18)9-14(11)19-17(21)20-10-12(2)22-16-6-4-3-5-15(16)20/h3-9,12H,10H2,1-2H3,(H,19,21)/t12-/m0/s1. The summed E-state index contributed by atoms with van der Waals surface area (Å²) in [5, 5.41) is 3.52. The van der Waals surface area contributed by atoms with E-state index in [1.54, 1.807) is 17.0 Å². The Bertz CT molecular complexity index is 718. The smallest absolute Gasteiger partial charge is 0.326 e. The average molecular weight is 317 g/mol. The third-order valence-corrected chi connectivity index (χ3v) is 3.85. The maximum atomic E-state index is 12.7. The quantitative estimate of drug-likeness (QED) is 0.843. The largest absolute Gasteiger partial charge is 0.487 e. The fourth-order valence-corrected chi connectivity index (χ4v) is 2.67. The molecule has 2 amide bonds. The molecule has 22 heavy (non-hydrogen) atoms. The Labute approximate surface area is 134 Å². The van der Waals surface area contributed by atoms with Crippen molar-refractivity contribution in [3.8, 4) is 5.75 Å². The molecule has 3 rings (SSSR count). The monoisotopic (exact) mass is 316 g/mol. The Morgan fingerprint density at radius 1 is 1.32 bits per heavy atom. The molecule has 1 N–H and O–H groups in total. The maximum Gasteiger partial charge on any atom is 0.326 e. The van der Waals surface area contributed by atoms with Gasteiger partial charge in [-0.25, -0.2) is 4.79 Å². The van der Waals surface area contributed by atoms with Crippen molar-refractivity contribution in [3.63, 3.8) is 0 Å². The molecule has 1 atom stereocenters. The number of rotatable bonds is 1. The van der Waals surface area contributed by atoms with E-state index in [9.17, 15) is 4.79 Å². The van der Waals surface area contributed by atoms with Gasteiger partial charge in [-0.05, 0) is 43.7 Å². The van der Waals surface area contributed by atoms with Crippen LogP contribution in [0.4, 0.5) is 16.2 Å². The number of urea groups is 1. The van der Waals surface area contributed by atoms with Crippen LogP contribution in [-0.4, -0.2) is 18.7 Å². The van der Waals surface area contributed by atoms with Gasteiger partial charge in [-0.15, -0.1) is 0 Å². The van der Waals surface area contributed by atoms with Crippen LogP contribution in [0.3, 0.4) is 0 Å². The summed E-state index contributed by atoms with van der Waals surface area (Å²) in [7, 11) is 0. The van der Waals surface area contributed by atoms with E-state index < -0.39 is 0 Å². The molecule has 0 aromatic heterocycles. The van der Waals surface area contributed by atoms with Gasteiger partial charge in [0.2, 0.25) is 0 Å². The lowest BCUT2D eigenvalue weighted by molar-refractivity contribution is 0.208. The number of carbonyl (C=O) groups excluding carboxylic acids is 1. The van der Waals surface area contributed by atoms with Gasteiger partial charge in [0.25, 0.3) is 0 Å². The highest BCUT2D eigenvalue weighted by atomic mass is 35.5. The summed E-state index contributed by atoms with van der Waals surface area (Å²) in [6, 6.07) is 12.8. The van der Waals surface area contributed by atoms with Crippen LogP contribution in [0.5, 0.6) is 5.75 Å². The number of halogens is 1. The highest BCUT2D eigenvalue weighted by Gasteiger charge is 2.27. The highest BCUT2D eigenvalue weighted by molar-refractivity contribution is 6.31. The maximum absolute atomic E-state index is 12.7. The molecule has 1 aliphatic heterocycles. The van der Waals surface area contributed by atoms with Crippen molar-refractivity contribution in [2.24, 2.45) is 0 Å². The van der Waals surface area contributed by atoms with Gasteiger partial charge < -0.3 is 10.1 Å². The number of hydrogen-bond donors (Lipinski definition) is 1. The van der Waals surface area contributed by atoms with Gasteiger partial charge >= 0.3 is 6.03 Å². The zero-order valence-corrected chi connectivity index (χ0v) is 13.2. The van der Waals surface area contributed by atoms with E-state index >= 15 is 0 Å². The van der Waals surface area contributed by atoms with Crippen LogP contribution in [0.2, 0.25) is 5.02 Å². The average Bonchev–Trinajstić information content (AvgIpc) is 2.50. The summed E-state index contributed by atoms with van der Waals surface area (Å²) in [5.41, 5.74) is 2.46. The molecular weight excluding hydrogens is 300 g/mol. The van der Waals surface area contributed by atoms with Crippen molar-refractivity contribution in [2.45, 2.75) is 20.0 Å². The molecule has 0 bridgehead atoms. The molecule has 0 fully saturated rings. The van der Waals surface area contributed by atoms with Crippen molar-refractivity contribution < 1.29 is 9.53 Å². The number of nitrogens with zero attached hydrogens (tertiary/aromatic N) is 1. The Morgan fingerprint density at radius 2 is 2.09 bits per heavy atom. The number of nitrogens with one attached hydrogen (secondary N) is 1. The normalized spacial score (nSPS) is 16.7. The minimum atomic E-state index is -0.187. The number of carbonyl (C=O) groups is 1. The molecule has 4 nitrogen and oxygen atoms in total. The Hall–Kier alpha value is -2.20. The third-order valence-electron chi connectivity index (χ3n) is 3.61. The van der Waals surface area contributed by atoms with Crippen LogP contribution in [0.15, 0.2) is 42.5 Å². The van der Waals surface area contributed by atoms with Crippen molar-refractivity contribution in [1.82, 2.24) is 0 Å².